The van der Waals surface area contributed by atoms with Gasteiger partial charge in [-0.1, -0.05) is 33.8 Å². The maximum atomic E-state index is 10.2. The number of rotatable bonds is 1. The van der Waals surface area contributed by atoms with Crippen molar-refractivity contribution in [1.29, 1.82) is 0 Å². The van der Waals surface area contributed by atoms with Crippen molar-refractivity contribution in [2.45, 2.75) is 52.6 Å². The Kier molecular flexibility index (Phi) is 3.16. The predicted molar refractivity (Wildman–Crippen MR) is 69.6 cm³/mol. The molecule has 0 aromatic rings. The lowest BCUT2D eigenvalue weighted by Gasteiger charge is -2.58. The zero-order chi connectivity index (χ0) is 12.8. The normalized spacial score (nSPS) is 45.5. The number of aliphatic hydroxyl groups is 2. The molecule has 0 aliphatic heterocycles. The molecule has 0 spiro atoms. The molecule has 2 nitrogen and oxygen atoms in total. The molecular weight excluding hydrogens is 212 g/mol. The van der Waals surface area contributed by atoms with E-state index in [9.17, 15) is 10.2 Å². The molecule has 2 N–H and O–H groups in total. The molecule has 98 valence electrons. The van der Waals surface area contributed by atoms with Crippen molar-refractivity contribution in [3.63, 3.8) is 0 Å². The lowest BCUT2D eigenvalue weighted by atomic mass is 9.47. The Hall–Kier alpha value is -0.340. The van der Waals surface area contributed by atoms with Crippen LogP contribution >= 0.6 is 0 Å². The van der Waals surface area contributed by atoms with Gasteiger partial charge in [-0.25, -0.2) is 0 Å². The van der Waals surface area contributed by atoms with E-state index in [-0.39, 0.29) is 23.4 Å². The van der Waals surface area contributed by atoms with Gasteiger partial charge < -0.3 is 10.2 Å². The number of fused-ring (bicyclic) bond motifs is 1. The Bertz CT molecular complexity index is 321. The summed E-state index contributed by atoms with van der Waals surface area (Å²) in [5, 5.41) is 19.8. The first-order valence-corrected chi connectivity index (χ1v) is 6.80. The molecule has 2 saturated carbocycles. The quantitative estimate of drug-likeness (QED) is 0.690. The molecule has 2 fully saturated rings. The summed E-state index contributed by atoms with van der Waals surface area (Å²) in [4.78, 5) is 0. The average Bonchev–Trinajstić information content (AvgIpc) is 2.22. The predicted octanol–water partition coefficient (Wildman–Crippen LogP) is 2.75. The van der Waals surface area contributed by atoms with Gasteiger partial charge in [0, 0.05) is 5.92 Å². The summed E-state index contributed by atoms with van der Waals surface area (Å²) < 4.78 is 0. The number of aliphatic hydroxyl groups excluding tert-OH is 2. The first-order chi connectivity index (χ1) is 7.83. The maximum absolute atomic E-state index is 10.2. The van der Waals surface area contributed by atoms with Gasteiger partial charge in [-0.05, 0) is 41.6 Å². The van der Waals surface area contributed by atoms with Crippen LogP contribution in [0.4, 0.5) is 0 Å². The number of hydrogen-bond acceptors (Lipinski definition) is 2. The van der Waals surface area contributed by atoms with Crippen molar-refractivity contribution in [3.8, 4) is 0 Å². The molecule has 0 radical (unpaired) electrons. The van der Waals surface area contributed by atoms with Crippen molar-refractivity contribution >= 4 is 0 Å². The van der Waals surface area contributed by atoms with E-state index in [1.165, 1.54) is 12.8 Å². The summed E-state index contributed by atoms with van der Waals surface area (Å²) >= 11 is 0. The summed E-state index contributed by atoms with van der Waals surface area (Å²) in [6, 6.07) is 0. The topological polar surface area (TPSA) is 40.5 Å². The van der Waals surface area contributed by atoms with Crippen molar-refractivity contribution in [3.05, 3.63) is 12.2 Å². The number of hydrogen-bond donors (Lipinski definition) is 2. The van der Waals surface area contributed by atoms with E-state index in [2.05, 4.69) is 27.4 Å². The molecule has 0 heterocycles. The lowest BCUT2D eigenvalue weighted by Crippen LogP contribution is -2.53. The minimum absolute atomic E-state index is 0.0656. The summed E-state index contributed by atoms with van der Waals surface area (Å²) in [5.41, 5.74) is 1.23. The summed E-state index contributed by atoms with van der Waals surface area (Å²) in [7, 11) is 0. The fraction of sp³-hybridized carbons (Fsp3) is 0.867. The molecule has 0 aromatic heterocycles. The highest BCUT2D eigenvalue weighted by Gasteiger charge is 2.54. The van der Waals surface area contributed by atoms with Crippen molar-refractivity contribution in [1.82, 2.24) is 0 Å². The van der Waals surface area contributed by atoms with Crippen LogP contribution in [0.1, 0.15) is 46.5 Å². The second-order valence-electron chi connectivity index (χ2n) is 6.96. The van der Waals surface area contributed by atoms with Crippen molar-refractivity contribution in [2.75, 3.05) is 6.61 Å². The van der Waals surface area contributed by atoms with Crippen LogP contribution in [0.3, 0.4) is 0 Å². The smallest absolute Gasteiger partial charge is 0.0754 e. The van der Waals surface area contributed by atoms with Gasteiger partial charge in [-0.2, -0.15) is 0 Å². The molecule has 0 bridgehead atoms. The minimum atomic E-state index is -0.428. The van der Waals surface area contributed by atoms with Gasteiger partial charge in [-0.3, -0.25) is 0 Å². The summed E-state index contributed by atoms with van der Waals surface area (Å²) in [6.07, 6.45) is 3.99. The molecule has 2 aliphatic carbocycles. The molecular formula is C15H26O2. The van der Waals surface area contributed by atoms with E-state index in [4.69, 9.17) is 0 Å². The molecule has 2 rings (SSSR count). The first-order valence-electron chi connectivity index (χ1n) is 6.80. The van der Waals surface area contributed by atoms with Crippen LogP contribution in [0.15, 0.2) is 12.2 Å². The zero-order valence-corrected chi connectivity index (χ0v) is 11.4. The van der Waals surface area contributed by atoms with Crippen LogP contribution in [-0.2, 0) is 0 Å². The minimum Gasteiger partial charge on any atom is -0.396 e. The second kappa shape index (κ2) is 4.10. The highest BCUT2D eigenvalue weighted by molar-refractivity contribution is 5.19. The largest absolute Gasteiger partial charge is 0.396 e. The zero-order valence-electron chi connectivity index (χ0n) is 11.4. The van der Waals surface area contributed by atoms with Crippen LogP contribution in [0.25, 0.3) is 0 Å². The van der Waals surface area contributed by atoms with E-state index in [1.807, 2.05) is 0 Å². The fourth-order valence-corrected chi connectivity index (χ4v) is 4.53. The van der Waals surface area contributed by atoms with E-state index >= 15 is 0 Å². The van der Waals surface area contributed by atoms with Crippen LogP contribution in [0.5, 0.6) is 0 Å². The average molecular weight is 238 g/mol. The van der Waals surface area contributed by atoms with Crippen LogP contribution in [-0.4, -0.2) is 22.9 Å². The van der Waals surface area contributed by atoms with Gasteiger partial charge in [-0.15, -0.1) is 0 Å². The third kappa shape index (κ3) is 1.86. The Morgan fingerprint density at radius 1 is 1.29 bits per heavy atom. The first kappa shape index (κ1) is 13.1. The lowest BCUT2D eigenvalue weighted by molar-refractivity contribution is -0.0927. The van der Waals surface area contributed by atoms with E-state index in [0.29, 0.717) is 5.92 Å². The second-order valence-corrected chi connectivity index (χ2v) is 6.96. The van der Waals surface area contributed by atoms with Crippen molar-refractivity contribution < 1.29 is 10.2 Å². The molecule has 2 heteroatoms. The molecule has 0 amide bonds. The van der Waals surface area contributed by atoms with E-state index in [0.717, 1.165) is 18.4 Å². The highest BCUT2D eigenvalue weighted by atomic mass is 16.3. The van der Waals surface area contributed by atoms with Gasteiger partial charge >= 0.3 is 0 Å². The molecule has 0 unspecified atom stereocenters. The van der Waals surface area contributed by atoms with Crippen LogP contribution < -0.4 is 0 Å². The van der Waals surface area contributed by atoms with Gasteiger partial charge in [0.05, 0.1) is 12.7 Å². The molecule has 0 aromatic carbocycles. The summed E-state index contributed by atoms with van der Waals surface area (Å²) in [5.74, 6) is 0.553. The molecule has 2 aliphatic rings. The SMILES string of the molecule is C=C1[C@@H](CO)[C@]2(C)CCCC(C)(C)[C@H]2C[C@@H]1O. The van der Waals surface area contributed by atoms with Gasteiger partial charge in [0.1, 0.15) is 0 Å². The fourth-order valence-electron chi connectivity index (χ4n) is 4.53. The molecule has 4 atom stereocenters. The van der Waals surface area contributed by atoms with Crippen molar-refractivity contribution in [2.24, 2.45) is 22.7 Å². The Balaban J connectivity index is 2.39. The monoisotopic (exact) mass is 238 g/mol. The van der Waals surface area contributed by atoms with Crippen LogP contribution in [0, 0.1) is 22.7 Å². The van der Waals surface area contributed by atoms with Gasteiger partial charge in [0.25, 0.3) is 0 Å². The van der Waals surface area contributed by atoms with E-state index < -0.39 is 6.10 Å². The van der Waals surface area contributed by atoms with E-state index in [1.54, 1.807) is 0 Å². The standard InChI is InChI=1S/C15H26O2/c1-10-11(9-16)15(4)7-5-6-14(2,3)13(15)8-12(10)17/h11-13,16-17H,1,5-9H2,2-4H3/t11-,12+,13-,15+/m1/s1. The Morgan fingerprint density at radius 3 is 2.53 bits per heavy atom. The van der Waals surface area contributed by atoms with Gasteiger partial charge in [0.2, 0.25) is 0 Å². The molecule has 0 saturated heterocycles. The van der Waals surface area contributed by atoms with Crippen LogP contribution in [0.2, 0.25) is 0 Å². The Morgan fingerprint density at radius 2 is 1.94 bits per heavy atom. The third-order valence-corrected chi connectivity index (χ3v) is 5.59. The Labute approximate surface area is 105 Å². The highest BCUT2D eigenvalue weighted by Crippen LogP contribution is 2.60. The summed E-state index contributed by atoms with van der Waals surface area (Å²) in [6.45, 7) is 11.1. The third-order valence-electron chi connectivity index (χ3n) is 5.59. The molecule has 17 heavy (non-hydrogen) atoms. The maximum Gasteiger partial charge on any atom is 0.0754 e. The van der Waals surface area contributed by atoms with Gasteiger partial charge in [0.15, 0.2) is 0 Å².